The fourth-order valence-electron chi connectivity index (χ4n) is 3.35. The lowest BCUT2D eigenvalue weighted by Crippen LogP contribution is -2.23. The molecule has 1 amide bonds. The van der Waals surface area contributed by atoms with Gasteiger partial charge in [0.25, 0.3) is 5.56 Å². The first-order valence-corrected chi connectivity index (χ1v) is 11.5. The van der Waals surface area contributed by atoms with Gasteiger partial charge in [-0.2, -0.15) is 4.39 Å². The van der Waals surface area contributed by atoms with Crippen LogP contribution >= 0.6 is 11.8 Å². The van der Waals surface area contributed by atoms with Gasteiger partial charge in [0.15, 0.2) is 5.16 Å². The maximum Gasteiger partial charge on any atom is 0.306 e. The number of nitro benzene ring substituents is 1. The van der Waals surface area contributed by atoms with Gasteiger partial charge in [0, 0.05) is 11.8 Å². The molecule has 11 heteroatoms. The first kappa shape index (κ1) is 23.9. The van der Waals surface area contributed by atoms with E-state index in [-0.39, 0.29) is 22.2 Å². The number of hydrogen-bond donors (Lipinski definition) is 1. The molecular weight excluding hydrogens is 475 g/mol. The number of rotatable bonds is 8. The number of para-hydroxylation sites is 1. The number of thioether (sulfide) groups is 1. The van der Waals surface area contributed by atoms with Crippen molar-refractivity contribution in [1.82, 2.24) is 9.55 Å². The summed E-state index contributed by atoms with van der Waals surface area (Å²) in [4.78, 5) is 40.5. The second-order valence-electron chi connectivity index (χ2n) is 7.24. The third-order valence-corrected chi connectivity index (χ3v) is 5.85. The number of fused-ring (bicyclic) bond motifs is 1. The summed E-state index contributed by atoms with van der Waals surface area (Å²) in [6.07, 6.45) is 0. The second-order valence-corrected chi connectivity index (χ2v) is 8.18. The molecule has 0 fully saturated rings. The number of halogens is 1. The van der Waals surface area contributed by atoms with Crippen LogP contribution in [0.25, 0.3) is 16.6 Å². The summed E-state index contributed by atoms with van der Waals surface area (Å²) in [6.45, 7) is 2.37. The van der Waals surface area contributed by atoms with Gasteiger partial charge in [-0.25, -0.2) is 4.98 Å². The molecule has 3 aromatic carbocycles. The molecule has 0 aliphatic heterocycles. The fraction of sp³-hybridized carbons (Fsp3) is 0.125. The number of amides is 1. The maximum atomic E-state index is 13.6. The third-order valence-electron chi connectivity index (χ3n) is 4.91. The molecule has 1 N–H and O–H groups in total. The molecule has 178 valence electrons. The Labute approximate surface area is 202 Å². The standard InChI is InChI=1S/C24H19FN4O5S/c1-2-34-17-10-8-16(9-11-17)28-23(31)18-5-3-4-6-20(18)27-24(28)35-14-22(30)26-15-7-12-19(25)21(13-15)29(32)33/h3-13H,2,14H2,1H3,(H,26,30). The molecule has 0 spiro atoms. The number of aromatic nitrogens is 2. The van der Waals surface area contributed by atoms with Gasteiger partial charge >= 0.3 is 5.69 Å². The van der Waals surface area contributed by atoms with Crippen LogP contribution in [0.5, 0.6) is 5.75 Å². The number of anilines is 1. The number of ether oxygens (including phenoxy) is 1. The van der Waals surface area contributed by atoms with Gasteiger partial charge in [-0.05, 0) is 55.5 Å². The lowest BCUT2D eigenvalue weighted by Gasteiger charge is -2.14. The Kier molecular flexibility index (Phi) is 7.06. The highest BCUT2D eigenvalue weighted by atomic mass is 32.2. The number of benzene rings is 3. The molecule has 35 heavy (non-hydrogen) atoms. The molecule has 0 unspecified atom stereocenters. The summed E-state index contributed by atoms with van der Waals surface area (Å²) in [6, 6.07) is 16.9. The van der Waals surface area contributed by atoms with E-state index in [1.807, 2.05) is 6.92 Å². The molecule has 0 atom stereocenters. The second kappa shape index (κ2) is 10.3. The summed E-state index contributed by atoms with van der Waals surface area (Å²) in [5.74, 6) is -0.994. The van der Waals surface area contributed by atoms with Gasteiger partial charge in [0.1, 0.15) is 5.75 Å². The quantitative estimate of drug-likeness (QED) is 0.165. The number of hydrogen-bond acceptors (Lipinski definition) is 7. The van der Waals surface area contributed by atoms with Gasteiger partial charge < -0.3 is 10.1 Å². The van der Waals surface area contributed by atoms with Crippen molar-refractivity contribution in [2.75, 3.05) is 17.7 Å². The molecule has 1 aromatic heterocycles. The highest BCUT2D eigenvalue weighted by Gasteiger charge is 2.17. The molecule has 4 rings (SSSR count). The number of nitrogens with zero attached hydrogens (tertiary/aromatic N) is 3. The average Bonchev–Trinajstić information content (AvgIpc) is 2.85. The molecule has 0 saturated heterocycles. The van der Waals surface area contributed by atoms with Crippen molar-refractivity contribution in [3.8, 4) is 11.4 Å². The van der Waals surface area contributed by atoms with Crippen LogP contribution in [0.4, 0.5) is 15.8 Å². The van der Waals surface area contributed by atoms with Crippen molar-refractivity contribution >= 4 is 39.9 Å². The third kappa shape index (κ3) is 5.30. The minimum Gasteiger partial charge on any atom is -0.494 e. The topological polar surface area (TPSA) is 116 Å². The van der Waals surface area contributed by atoms with Crippen molar-refractivity contribution in [2.24, 2.45) is 0 Å². The minimum absolute atomic E-state index is 0.0825. The summed E-state index contributed by atoms with van der Waals surface area (Å²) in [5.41, 5.74) is 0.0809. The minimum atomic E-state index is -0.998. The van der Waals surface area contributed by atoms with Crippen LogP contribution in [0.1, 0.15) is 6.92 Å². The van der Waals surface area contributed by atoms with E-state index < -0.39 is 22.3 Å². The largest absolute Gasteiger partial charge is 0.494 e. The van der Waals surface area contributed by atoms with Crippen molar-refractivity contribution in [1.29, 1.82) is 0 Å². The van der Waals surface area contributed by atoms with Crippen LogP contribution in [-0.2, 0) is 4.79 Å². The Balaban J connectivity index is 1.62. The number of nitrogens with one attached hydrogen (secondary N) is 1. The SMILES string of the molecule is CCOc1ccc(-n2c(SCC(=O)Nc3ccc(F)c([N+](=O)[O-])c3)nc3ccccc3c2=O)cc1. The Morgan fingerprint density at radius 3 is 2.63 bits per heavy atom. The van der Waals surface area contributed by atoms with Crippen molar-refractivity contribution in [3.05, 3.63) is 93.0 Å². The van der Waals surface area contributed by atoms with Crippen LogP contribution in [0.3, 0.4) is 0 Å². The first-order chi connectivity index (χ1) is 16.9. The smallest absolute Gasteiger partial charge is 0.306 e. The normalized spacial score (nSPS) is 10.8. The average molecular weight is 495 g/mol. The monoisotopic (exact) mass is 494 g/mol. The Hall–Kier alpha value is -4.25. The van der Waals surface area contributed by atoms with Gasteiger partial charge in [0.05, 0.1) is 33.9 Å². The van der Waals surface area contributed by atoms with Crippen molar-refractivity contribution in [2.45, 2.75) is 12.1 Å². The molecule has 0 aliphatic rings. The van der Waals surface area contributed by atoms with E-state index in [4.69, 9.17) is 4.74 Å². The van der Waals surface area contributed by atoms with Crippen LogP contribution in [0.15, 0.2) is 76.7 Å². The highest BCUT2D eigenvalue weighted by molar-refractivity contribution is 7.99. The zero-order valence-electron chi connectivity index (χ0n) is 18.4. The van der Waals surface area contributed by atoms with E-state index in [0.29, 0.717) is 28.9 Å². The molecule has 1 heterocycles. The van der Waals surface area contributed by atoms with Crippen LogP contribution in [-0.4, -0.2) is 32.7 Å². The Bertz CT molecular complexity index is 1470. The zero-order chi connectivity index (χ0) is 24.9. The number of carbonyl (C=O) groups excluding carboxylic acids is 1. The van der Waals surface area contributed by atoms with Gasteiger partial charge in [-0.3, -0.25) is 24.3 Å². The maximum absolute atomic E-state index is 13.6. The molecule has 0 saturated carbocycles. The predicted octanol–water partition coefficient (Wildman–Crippen LogP) is 4.56. The molecule has 0 bridgehead atoms. The lowest BCUT2D eigenvalue weighted by molar-refractivity contribution is -0.387. The van der Waals surface area contributed by atoms with Crippen LogP contribution < -0.4 is 15.6 Å². The predicted molar refractivity (Wildman–Crippen MR) is 131 cm³/mol. The van der Waals surface area contributed by atoms with E-state index in [2.05, 4.69) is 10.3 Å². The van der Waals surface area contributed by atoms with E-state index >= 15 is 0 Å². The van der Waals surface area contributed by atoms with E-state index in [0.717, 1.165) is 23.9 Å². The molecule has 0 radical (unpaired) electrons. The van der Waals surface area contributed by atoms with Gasteiger partial charge in [-0.15, -0.1) is 0 Å². The van der Waals surface area contributed by atoms with Gasteiger partial charge in [0.2, 0.25) is 11.7 Å². The molecule has 0 aliphatic carbocycles. The zero-order valence-corrected chi connectivity index (χ0v) is 19.3. The first-order valence-electron chi connectivity index (χ1n) is 10.5. The lowest BCUT2D eigenvalue weighted by atomic mass is 10.2. The number of carbonyl (C=O) groups is 1. The molecule has 9 nitrogen and oxygen atoms in total. The van der Waals surface area contributed by atoms with Crippen LogP contribution in [0, 0.1) is 15.9 Å². The van der Waals surface area contributed by atoms with Gasteiger partial charge in [-0.1, -0.05) is 23.9 Å². The van der Waals surface area contributed by atoms with E-state index in [1.165, 1.54) is 10.6 Å². The van der Waals surface area contributed by atoms with Crippen molar-refractivity contribution < 1.29 is 18.8 Å². The van der Waals surface area contributed by atoms with Crippen LogP contribution in [0.2, 0.25) is 0 Å². The Morgan fingerprint density at radius 1 is 1.17 bits per heavy atom. The van der Waals surface area contributed by atoms with Crippen molar-refractivity contribution in [3.63, 3.8) is 0 Å². The summed E-state index contributed by atoms with van der Waals surface area (Å²) < 4.78 is 20.4. The van der Waals surface area contributed by atoms with E-state index in [9.17, 15) is 24.1 Å². The number of nitro groups is 1. The van der Waals surface area contributed by atoms with E-state index in [1.54, 1.807) is 48.5 Å². The highest BCUT2D eigenvalue weighted by Crippen LogP contribution is 2.25. The Morgan fingerprint density at radius 2 is 1.91 bits per heavy atom. The molecular formula is C24H19FN4O5S. The molecule has 4 aromatic rings. The fourth-order valence-corrected chi connectivity index (χ4v) is 4.17. The summed E-state index contributed by atoms with van der Waals surface area (Å²) >= 11 is 1.03. The summed E-state index contributed by atoms with van der Waals surface area (Å²) in [5, 5.41) is 14.2. The summed E-state index contributed by atoms with van der Waals surface area (Å²) in [7, 11) is 0.